The molecule has 0 aromatic heterocycles. The SMILES string of the molecule is O=P(O)(O)O.O=[Si]([O-])[O-].O=[Si]([O-])[O-].O=[Si]([O-])[O-].[Al+3].[Al+3]. The van der Waals surface area contributed by atoms with E-state index in [1.165, 1.54) is 0 Å². The molecule has 13 nitrogen and oxygen atoms in total. The maximum atomic E-state index is 8.88. The molecular formula is H3Al2O13PSi3. The van der Waals surface area contributed by atoms with Gasteiger partial charge in [-0.3, -0.25) is 0 Å². The second-order valence-electron chi connectivity index (χ2n) is 1.26. The van der Waals surface area contributed by atoms with Crippen molar-refractivity contribution in [3.05, 3.63) is 0 Å². The Balaban J connectivity index is -0.0000000288. The van der Waals surface area contributed by atoms with Gasteiger partial charge in [-0.2, -0.15) is 0 Å². The molecule has 0 fully saturated rings. The van der Waals surface area contributed by atoms with Gasteiger partial charge in [-0.05, 0) is 0 Å². The molecule has 0 bridgehead atoms. The fraction of sp³-hybridized carbons (Fsp3) is 0. The van der Waals surface area contributed by atoms with Crippen LogP contribution in [0.2, 0.25) is 0 Å². The van der Waals surface area contributed by atoms with E-state index in [1.807, 2.05) is 0 Å². The van der Waals surface area contributed by atoms with E-state index in [-0.39, 0.29) is 34.7 Å². The smallest absolute Gasteiger partial charge is 0.672 e. The van der Waals surface area contributed by atoms with Crippen LogP contribution in [0.15, 0.2) is 0 Å². The van der Waals surface area contributed by atoms with E-state index >= 15 is 0 Å². The number of phosphoric acid groups is 1. The topological polar surface area (TPSA) is 267 Å². The van der Waals surface area contributed by atoms with Crippen LogP contribution in [-0.4, -0.2) is 76.9 Å². The molecular weight excluding hydrogens is 377 g/mol. The predicted molar refractivity (Wildman–Crippen MR) is 45.1 cm³/mol. The predicted octanol–water partition coefficient (Wildman–Crippen LogP) is -10.3. The molecule has 0 aliphatic carbocycles. The number of hydrogen-bond donors (Lipinski definition) is 3. The zero-order chi connectivity index (χ0) is 15.2. The maximum absolute atomic E-state index is 8.88. The van der Waals surface area contributed by atoms with Crippen molar-refractivity contribution < 1.29 is 61.4 Å². The minimum absolute atomic E-state index is 0. The van der Waals surface area contributed by atoms with Gasteiger partial charge in [-0.15, -0.1) is 0 Å². The van der Waals surface area contributed by atoms with Crippen LogP contribution in [0.1, 0.15) is 0 Å². The maximum Gasteiger partial charge on any atom is 3.00 e. The van der Waals surface area contributed by atoms with Gasteiger partial charge in [0.25, 0.3) is 0 Å². The molecule has 0 rings (SSSR count). The van der Waals surface area contributed by atoms with Gasteiger partial charge in [-0.1, -0.05) is 0 Å². The van der Waals surface area contributed by atoms with E-state index in [0.29, 0.717) is 0 Å². The number of rotatable bonds is 0. The van der Waals surface area contributed by atoms with Crippen molar-refractivity contribution in [3.63, 3.8) is 0 Å². The summed E-state index contributed by atoms with van der Waals surface area (Å²) >= 11 is 0. The molecule has 19 heavy (non-hydrogen) atoms. The molecule has 0 unspecified atom stereocenters. The third kappa shape index (κ3) is 7070000. The van der Waals surface area contributed by atoms with Crippen LogP contribution in [0, 0.1) is 0 Å². The molecule has 0 saturated carbocycles. The summed E-state index contributed by atoms with van der Waals surface area (Å²) in [4.78, 5) is 72.7. The van der Waals surface area contributed by atoms with Crippen LogP contribution in [-0.2, 0) is 18.0 Å². The van der Waals surface area contributed by atoms with Crippen molar-refractivity contribution in [3.8, 4) is 0 Å². The average Bonchev–Trinajstić information content (AvgIpc) is 1.73. The Kier molecular flexibility index (Phi) is 44.4. The Morgan fingerprint density at radius 2 is 0.632 bits per heavy atom. The molecule has 0 aromatic rings. The van der Waals surface area contributed by atoms with E-state index in [9.17, 15) is 0 Å². The van der Waals surface area contributed by atoms with E-state index in [0.717, 1.165) is 0 Å². The van der Waals surface area contributed by atoms with Gasteiger partial charge in [-0.25, -0.2) is 4.57 Å². The first-order valence-electron chi connectivity index (χ1n) is 2.62. The molecule has 0 aliphatic rings. The molecule has 19 heteroatoms. The third-order valence-electron chi connectivity index (χ3n) is 0. The van der Waals surface area contributed by atoms with Crippen LogP contribution in [0.3, 0.4) is 0 Å². The van der Waals surface area contributed by atoms with Crippen LogP contribution in [0.4, 0.5) is 0 Å². The Morgan fingerprint density at radius 1 is 0.632 bits per heavy atom. The molecule has 0 radical (unpaired) electrons. The minimum Gasteiger partial charge on any atom is -0.672 e. The summed E-state index contributed by atoms with van der Waals surface area (Å²) in [6.45, 7) is 0. The summed E-state index contributed by atoms with van der Waals surface area (Å²) < 4.78 is 34.4. The molecule has 0 saturated heterocycles. The first-order chi connectivity index (χ1) is 7.20. The molecule has 0 heterocycles. The fourth-order valence-corrected chi connectivity index (χ4v) is 0. The van der Waals surface area contributed by atoms with Gasteiger partial charge in [0, 0.05) is 27.5 Å². The monoisotopic (exact) mass is 380 g/mol. The Bertz CT molecular complexity index is 222. The summed E-state index contributed by atoms with van der Waals surface area (Å²) in [5, 5.41) is 0. The summed E-state index contributed by atoms with van der Waals surface area (Å²) in [5.41, 5.74) is 0. The normalized spacial score (nSPS) is 6.89. The van der Waals surface area contributed by atoms with Gasteiger partial charge >= 0.3 is 42.5 Å². The summed E-state index contributed by atoms with van der Waals surface area (Å²) in [6.07, 6.45) is 0. The molecule has 0 aliphatic heterocycles. The van der Waals surface area contributed by atoms with Crippen LogP contribution >= 0.6 is 7.82 Å². The fourth-order valence-electron chi connectivity index (χ4n) is 0. The van der Waals surface area contributed by atoms with Gasteiger partial charge < -0.3 is 56.8 Å². The minimum atomic E-state index is -4.64. The Hall–Kier alpha value is 0.0256. The van der Waals surface area contributed by atoms with Crippen molar-refractivity contribution in [2.75, 3.05) is 0 Å². The van der Waals surface area contributed by atoms with Crippen molar-refractivity contribution in [1.29, 1.82) is 0 Å². The van der Waals surface area contributed by atoms with Gasteiger partial charge in [0.2, 0.25) is 0 Å². The van der Waals surface area contributed by atoms with E-state index in [1.54, 1.807) is 0 Å². The second-order valence-corrected chi connectivity index (χ2v) is 3.79. The summed E-state index contributed by atoms with van der Waals surface area (Å²) in [7, 11) is -15.5. The Morgan fingerprint density at radius 3 is 0.632 bits per heavy atom. The average molecular weight is 380 g/mol. The van der Waals surface area contributed by atoms with Crippen molar-refractivity contribution in [1.82, 2.24) is 0 Å². The number of hydrogen-bond acceptors (Lipinski definition) is 10. The van der Waals surface area contributed by atoms with Crippen LogP contribution in [0.25, 0.3) is 0 Å². The molecule has 104 valence electrons. The first-order valence-corrected chi connectivity index (χ1v) is 7.86. The van der Waals surface area contributed by atoms with Crippen molar-refractivity contribution >= 4 is 70.1 Å². The summed E-state index contributed by atoms with van der Waals surface area (Å²) in [5.74, 6) is 0. The zero-order valence-electron chi connectivity index (χ0n) is 8.53. The molecule has 0 spiro atoms. The van der Waals surface area contributed by atoms with E-state index in [4.69, 9.17) is 61.4 Å². The largest absolute Gasteiger partial charge is 3.00 e. The van der Waals surface area contributed by atoms with Crippen molar-refractivity contribution in [2.24, 2.45) is 0 Å². The molecule has 0 amide bonds. The standard InChI is InChI=1S/2Al.H3O4P.3O3Si/c;;1-5(2,3)4;3*1-4(2)3/h;;(H3,1,2,3,4);;;/q2*+3;;3*-2. The molecule has 0 atom stereocenters. The van der Waals surface area contributed by atoms with E-state index < -0.39 is 35.3 Å². The second kappa shape index (κ2) is 23.1. The van der Waals surface area contributed by atoms with Crippen molar-refractivity contribution in [2.45, 2.75) is 0 Å². The zero-order valence-corrected chi connectivity index (χ0v) is 14.7. The third-order valence-corrected chi connectivity index (χ3v) is 0. The molecule has 0 aromatic carbocycles. The van der Waals surface area contributed by atoms with Crippen LogP contribution < -0.4 is 28.8 Å². The van der Waals surface area contributed by atoms with Gasteiger partial charge in [0.1, 0.15) is 0 Å². The first kappa shape index (κ1) is 36.4. The molecule has 3 N–H and O–H groups in total. The van der Waals surface area contributed by atoms with Crippen LogP contribution in [0.5, 0.6) is 0 Å². The summed E-state index contributed by atoms with van der Waals surface area (Å²) in [6, 6.07) is 0. The quantitative estimate of drug-likeness (QED) is 0.260. The van der Waals surface area contributed by atoms with Gasteiger partial charge in [0.15, 0.2) is 0 Å². The Labute approximate surface area is 131 Å². The van der Waals surface area contributed by atoms with Gasteiger partial charge in [0.05, 0.1) is 0 Å². The van der Waals surface area contributed by atoms with E-state index in [2.05, 4.69) is 0 Å².